The first-order valence-corrected chi connectivity index (χ1v) is 10.6. The quantitative estimate of drug-likeness (QED) is 0.788. The van der Waals surface area contributed by atoms with Crippen LogP contribution in [0.1, 0.15) is 57.5 Å². The number of amides is 1. The Kier molecular flexibility index (Phi) is 5.16. The number of aryl methyl sites for hydroxylation is 1. The maximum absolute atomic E-state index is 13.3. The lowest BCUT2D eigenvalue weighted by molar-refractivity contribution is 0.0565. The van der Waals surface area contributed by atoms with Crippen LogP contribution in [0.4, 0.5) is 0 Å². The lowest BCUT2D eigenvalue weighted by atomic mass is 9.78. The van der Waals surface area contributed by atoms with Crippen LogP contribution in [-0.4, -0.2) is 49.4 Å². The minimum absolute atomic E-state index is 0. The van der Waals surface area contributed by atoms with E-state index in [0.29, 0.717) is 24.8 Å². The summed E-state index contributed by atoms with van der Waals surface area (Å²) in [6.45, 7) is 9.55. The number of piperidine rings is 1. The second-order valence-electron chi connectivity index (χ2n) is 8.82. The number of nitrogens with one attached hydrogen (secondary N) is 1. The molecule has 1 amide bonds. The number of hydrogen-bond donors (Lipinski definition) is 1. The van der Waals surface area contributed by atoms with E-state index >= 15 is 0 Å². The minimum atomic E-state index is -0.356. The fraction of sp³-hybridized carbons (Fsp3) is 0.478. The molecule has 1 N–H and O–H groups in total. The number of likely N-dealkylation sites (tertiary alicyclic amines) is 1. The summed E-state index contributed by atoms with van der Waals surface area (Å²) in [4.78, 5) is 34.5. The number of carbonyl (C=O) groups is 1. The van der Waals surface area contributed by atoms with Gasteiger partial charge in [-0.3, -0.25) is 14.7 Å². The molecule has 160 valence electrons. The van der Waals surface area contributed by atoms with Gasteiger partial charge in [0.1, 0.15) is 5.56 Å². The second-order valence-corrected chi connectivity index (χ2v) is 8.82. The maximum atomic E-state index is 13.3. The number of aromatic amines is 1. The van der Waals surface area contributed by atoms with Crippen molar-refractivity contribution in [3.63, 3.8) is 0 Å². The van der Waals surface area contributed by atoms with Crippen LogP contribution in [0, 0.1) is 12.3 Å². The van der Waals surface area contributed by atoms with Gasteiger partial charge >= 0.3 is 0 Å². The molecule has 0 spiro atoms. The monoisotopic (exact) mass is 409 g/mol. The third-order valence-electron chi connectivity index (χ3n) is 5.98. The van der Waals surface area contributed by atoms with E-state index in [-0.39, 0.29) is 23.9 Å². The number of allylic oxidation sites excluding steroid dienone is 1. The topological polar surface area (TPSA) is 73.7 Å². The van der Waals surface area contributed by atoms with Crippen molar-refractivity contribution in [2.45, 2.75) is 53.0 Å². The van der Waals surface area contributed by atoms with Gasteiger partial charge in [-0.1, -0.05) is 13.0 Å². The van der Waals surface area contributed by atoms with Crippen LogP contribution in [0.15, 0.2) is 46.8 Å². The smallest absolute Gasteiger partial charge is 0.285 e. The molecular formula is C23H31N5O2. The molecule has 4 rings (SSSR count). The van der Waals surface area contributed by atoms with E-state index in [1.54, 1.807) is 11.0 Å². The molecule has 2 aliphatic heterocycles. The number of carbonyl (C=O) groups excluding carboxylic acids is 1. The minimum Gasteiger partial charge on any atom is -0.342 e. The average molecular weight is 410 g/mol. The Balaban J connectivity index is 0.00000272. The predicted octanol–water partition coefficient (Wildman–Crippen LogP) is 3.49. The number of hydrogen-bond acceptors (Lipinski definition) is 4. The summed E-state index contributed by atoms with van der Waals surface area (Å²) in [6.07, 6.45) is 10.4. The maximum Gasteiger partial charge on any atom is 0.285 e. The molecule has 2 aromatic rings. The average Bonchev–Trinajstić information content (AvgIpc) is 2.92. The highest BCUT2D eigenvalue weighted by Crippen LogP contribution is 2.39. The van der Waals surface area contributed by atoms with Crippen LogP contribution in [0.2, 0.25) is 0 Å². The highest BCUT2D eigenvalue weighted by Gasteiger charge is 2.39. The molecule has 0 aromatic carbocycles. The van der Waals surface area contributed by atoms with E-state index in [1.165, 1.54) is 10.7 Å². The Hall–Kier alpha value is -3.05. The van der Waals surface area contributed by atoms with Gasteiger partial charge in [-0.2, -0.15) is 0 Å². The van der Waals surface area contributed by atoms with Crippen LogP contribution >= 0.6 is 0 Å². The van der Waals surface area contributed by atoms with E-state index in [0.717, 1.165) is 30.7 Å². The van der Waals surface area contributed by atoms with Crippen LogP contribution in [0.3, 0.4) is 0 Å². The summed E-state index contributed by atoms with van der Waals surface area (Å²) in [6, 6.07) is 2.08. The number of nitrogens with zero attached hydrogens (tertiary/aromatic N) is 4. The van der Waals surface area contributed by atoms with Crippen molar-refractivity contribution in [3.8, 4) is 0 Å². The zero-order valence-corrected chi connectivity index (χ0v) is 18.1. The largest absolute Gasteiger partial charge is 0.342 e. The summed E-state index contributed by atoms with van der Waals surface area (Å²) in [7, 11) is 0. The summed E-state index contributed by atoms with van der Waals surface area (Å²) in [5.41, 5.74) is 5.45. The molecular weight excluding hydrogens is 378 g/mol. The van der Waals surface area contributed by atoms with Gasteiger partial charge in [0.2, 0.25) is 0 Å². The Morgan fingerprint density at radius 3 is 2.97 bits per heavy atom. The van der Waals surface area contributed by atoms with Crippen LogP contribution in [-0.2, 0) is 0 Å². The van der Waals surface area contributed by atoms with Crippen molar-refractivity contribution in [2.24, 2.45) is 5.41 Å². The van der Waals surface area contributed by atoms with Crippen molar-refractivity contribution >= 4 is 11.6 Å². The molecule has 0 aliphatic carbocycles. The molecule has 0 radical (unpaired) electrons. The predicted molar refractivity (Wildman–Crippen MR) is 118 cm³/mol. The third-order valence-corrected chi connectivity index (χ3v) is 5.98. The van der Waals surface area contributed by atoms with E-state index in [4.69, 9.17) is 0 Å². The molecule has 1 atom stereocenters. The molecule has 4 heterocycles. The summed E-state index contributed by atoms with van der Waals surface area (Å²) >= 11 is 0. The van der Waals surface area contributed by atoms with Crippen LogP contribution in [0.25, 0.3) is 5.65 Å². The van der Waals surface area contributed by atoms with Gasteiger partial charge < -0.3 is 9.80 Å². The standard InChI is InChI=1S/C23H29N5O2.H2/c1-16(2)27-12-7-5-6-9-19(27)23(4)10-8-11-26(15-23)21(29)18-14-24-20-13-17(3)25-28(20)22(18)30;/h6-7,12-14,16,25H,5,8,10-11,15H2,1-4H3;1H. The molecule has 0 bridgehead atoms. The molecule has 1 fully saturated rings. The van der Waals surface area contributed by atoms with Crippen LogP contribution < -0.4 is 5.56 Å². The van der Waals surface area contributed by atoms with Crippen molar-refractivity contribution < 1.29 is 6.22 Å². The number of aromatic nitrogens is 3. The van der Waals surface area contributed by atoms with Gasteiger partial charge in [0.05, 0.1) is 5.70 Å². The van der Waals surface area contributed by atoms with Gasteiger partial charge in [-0.15, -0.1) is 5.73 Å². The van der Waals surface area contributed by atoms with Gasteiger partial charge in [0.15, 0.2) is 5.65 Å². The van der Waals surface area contributed by atoms with Crippen LogP contribution in [0.5, 0.6) is 0 Å². The highest BCUT2D eigenvalue weighted by atomic mass is 16.2. The number of fused-ring (bicyclic) bond motifs is 1. The van der Waals surface area contributed by atoms with Gasteiger partial charge in [0.25, 0.3) is 11.5 Å². The highest BCUT2D eigenvalue weighted by molar-refractivity contribution is 5.93. The fourth-order valence-corrected chi connectivity index (χ4v) is 4.47. The normalized spacial score (nSPS) is 22.0. The summed E-state index contributed by atoms with van der Waals surface area (Å²) in [5.74, 6) is -0.259. The molecule has 0 saturated carbocycles. The molecule has 1 saturated heterocycles. The Morgan fingerprint density at radius 1 is 1.40 bits per heavy atom. The molecule has 7 nitrogen and oxygen atoms in total. The van der Waals surface area contributed by atoms with Gasteiger partial charge in [0, 0.05) is 50.1 Å². The third kappa shape index (κ3) is 3.50. The second kappa shape index (κ2) is 7.65. The molecule has 30 heavy (non-hydrogen) atoms. The number of rotatable bonds is 3. The van der Waals surface area contributed by atoms with E-state index in [1.807, 2.05) is 6.92 Å². The van der Waals surface area contributed by atoms with Crippen molar-refractivity contribution in [2.75, 3.05) is 13.1 Å². The SMILES string of the molecule is Cc1cc2ncc(C(=O)N3CCCC(C)(C4=C=CCC=CN4C(C)C)C3)c(=O)n2[nH]1.[HH]. The Bertz CT molecular complexity index is 1140. The van der Waals surface area contributed by atoms with Crippen molar-refractivity contribution in [3.05, 3.63) is 63.7 Å². The lowest BCUT2D eigenvalue weighted by Crippen LogP contribution is -2.49. The van der Waals surface area contributed by atoms with E-state index < -0.39 is 0 Å². The molecule has 2 aliphatic rings. The summed E-state index contributed by atoms with van der Waals surface area (Å²) in [5, 5.41) is 2.96. The van der Waals surface area contributed by atoms with Gasteiger partial charge in [-0.25, -0.2) is 9.50 Å². The Labute approximate surface area is 177 Å². The fourth-order valence-electron chi connectivity index (χ4n) is 4.47. The van der Waals surface area contributed by atoms with E-state index in [9.17, 15) is 9.59 Å². The zero-order valence-electron chi connectivity index (χ0n) is 18.1. The summed E-state index contributed by atoms with van der Waals surface area (Å²) < 4.78 is 1.34. The molecule has 7 heteroatoms. The number of H-pyrrole nitrogens is 1. The van der Waals surface area contributed by atoms with Gasteiger partial charge in [-0.05, 0) is 46.1 Å². The van der Waals surface area contributed by atoms with Crippen molar-refractivity contribution in [1.82, 2.24) is 24.4 Å². The lowest BCUT2D eigenvalue weighted by Gasteiger charge is -2.44. The molecule has 1 unspecified atom stereocenters. The molecule has 2 aromatic heterocycles. The first-order valence-electron chi connectivity index (χ1n) is 10.6. The Morgan fingerprint density at radius 2 is 2.20 bits per heavy atom. The first-order chi connectivity index (χ1) is 14.3. The first kappa shape index (κ1) is 20.2. The zero-order chi connectivity index (χ0) is 21.5. The van der Waals surface area contributed by atoms with E-state index in [2.05, 4.69) is 59.8 Å². The van der Waals surface area contributed by atoms with Crippen molar-refractivity contribution in [1.29, 1.82) is 0 Å².